The molecule has 1 N–H and O–H groups in total. The highest BCUT2D eigenvalue weighted by molar-refractivity contribution is 5.72. The molecule has 0 aromatic heterocycles. The fourth-order valence-electron chi connectivity index (χ4n) is 0.793. The lowest BCUT2D eigenvalue weighted by Gasteiger charge is -2.10. The van der Waals surface area contributed by atoms with E-state index >= 15 is 0 Å². The highest BCUT2D eigenvalue weighted by Gasteiger charge is 2.14. The molecule has 0 rings (SSSR count). The second-order valence-corrected chi connectivity index (χ2v) is 2.45. The van der Waals surface area contributed by atoms with Gasteiger partial charge in [-0.1, -0.05) is 6.92 Å². The normalized spacial score (nSPS) is 12.8. The number of carboxylic acid groups (broad SMARTS) is 1. The van der Waals surface area contributed by atoms with E-state index < -0.39 is 12.1 Å². The number of ether oxygens (including phenoxy) is 2. The molecule has 0 heterocycles. The van der Waals surface area contributed by atoms with E-state index in [2.05, 4.69) is 0 Å². The standard InChI is InChI=1S/C8H16O4/c1-3-7(8(9)10)12-6-4-5-11-2/h7H,3-6H2,1-2H3,(H,9,10). The minimum atomic E-state index is -0.894. The predicted molar refractivity (Wildman–Crippen MR) is 44.2 cm³/mol. The summed E-state index contributed by atoms with van der Waals surface area (Å²) in [6.07, 6.45) is 0.574. The van der Waals surface area contributed by atoms with Gasteiger partial charge in [0.15, 0.2) is 6.10 Å². The van der Waals surface area contributed by atoms with Gasteiger partial charge in [-0.25, -0.2) is 4.79 Å². The first kappa shape index (κ1) is 11.4. The van der Waals surface area contributed by atoms with Crippen molar-refractivity contribution in [3.05, 3.63) is 0 Å². The predicted octanol–water partition coefficient (Wildman–Crippen LogP) is 0.903. The molecule has 1 atom stereocenters. The highest BCUT2D eigenvalue weighted by Crippen LogP contribution is 1.98. The summed E-state index contributed by atoms with van der Waals surface area (Å²) in [7, 11) is 1.61. The summed E-state index contributed by atoms with van der Waals surface area (Å²) in [6, 6.07) is 0. The van der Waals surface area contributed by atoms with Gasteiger partial charge in [-0.2, -0.15) is 0 Å². The van der Waals surface area contributed by atoms with Gasteiger partial charge in [-0.15, -0.1) is 0 Å². The largest absolute Gasteiger partial charge is 0.479 e. The second-order valence-electron chi connectivity index (χ2n) is 2.45. The van der Waals surface area contributed by atoms with Gasteiger partial charge < -0.3 is 14.6 Å². The number of hydrogen-bond donors (Lipinski definition) is 1. The molecule has 0 aliphatic carbocycles. The quantitative estimate of drug-likeness (QED) is 0.585. The molecule has 0 spiro atoms. The van der Waals surface area contributed by atoms with Crippen LogP contribution in [0.1, 0.15) is 19.8 Å². The summed E-state index contributed by atoms with van der Waals surface area (Å²) in [4.78, 5) is 10.4. The first-order chi connectivity index (χ1) is 5.72. The van der Waals surface area contributed by atoms with Crippen LogP contribution in [0.2, 0.25) is 0 Å². The zero-order valence-corrected chi connectivity index (χ0v) is 7.58. The molecule has 0 saturated carbocycles. The lowest BCUT2D eigenvalue weighted by atomic mass is 10.3. The van der Waals surface area contributed by atoms with Crippen molar-refractivity contribution in [3.8, 4) is 0 Å². The van der Waals surface area contributed by atoms with Gasteiger partial charge in [0.2, 0.25) is 0 Å². The summed E-state index contributed by atoms with van der Waals surface area (Å²) in [5, 5.41) is 8.57. The number of hydrogen-bond acceptors (Lipinski definition) is 3. The van der Waals surface area contributed by atoms with Crippen LogP contribution in [0.3, 0.4) is 0 Å². The van der Waals surface area contributed by atoms with Gasteiger partial charge in [-0.3, -0.25) is 0 Å². The van der Waals surface area contributed by atoms with Crippen LogP contribution in [0, 0.1) is 0 Å². The molecule has 0 bridgehead atoms. The molecule has 1 unspecified atom stereocenters. The van der Waals surface area contributed by atoms with Crippen LogP contribution in [-0.2, 0) is 14.3 Å². The van der Waals surface area contributed by atoms with Gasteiger partial charge in [0.1, 0.15) is 0 Å². The lowest BCUT2D eigenvalue weighted by molar-refractivity contribution is -0.150. The smallest absolute Gasteiger partial charge is 0.332 e. The number of rotatable bonds is 7. The summed E-state index contributed by atoms with van der Waals surface area (Å²) in [5.41, 5.74) is 0. The zero-order valence-electron chi connectivity index (χ0n) is 7.58. The second kappa shape index (κ2) is 7.06. The van der Waals surface area contributed by atoms with Crippen LogP contribution in [0.4, 0.5) is 0 Å². The molecular formula is C8H16O4. The zero-order chi connectivity index (χ0) is 9.40. The Hall–Kier alpha value is -0.610. The van der Waals surface area contributed by atoms with Crippen molar-refractivity contribution in [2.45, 2.75) is 25.9 Å². The van der Waals surface area contributed by atoms with E-state index in [4.69, 9.17) is 14.6 Å². The number of carboxylic acids is 1. The Morgan fingerprint density at radius 1 is 1.50 bits per heavy atom. The third-order valence-electron chi connectivity index (χ3n) is 1.46. The molecule has 0 aliphatic heterocycles. The minimum Gasteiger partial charge on any atom is -0.479 e. The molecule has 0 saturated heterocycles. The molecule has 12 heavy (non-hydrogen) atoms. The van der Waals surface area contributed by atoms with Crippen molar-refractivity contribution >= 4 is 5.97 Å². The summed E-state index contributed by atoms with van der Waals surface area (Å²) in [5.74, 6) is -0.894. The molecule has 4 nitrogen and oxygen atoms in total. The Labute approximate surface area is 72.5 Å². The van der Waals surface area contributed by atoms with Crippen LogP contribution in [-0.4, -0.2) is 37.5 Å². The molecule has 0 aliphatic rings. The topological polar surface area (TPSA) is 55.8 Å². The van der Waals surface area contributed by atoms with E-state index in [1.165, 1.54) is 0 Å². The van der Waals surface area contributed by atoms with Crippen LogP contribution in [0.25, 0.3) is 0 Å². The Morgan fingerprint density at radius 3 is 2.58 bits per heavy atom. The maximum Gasteiger partial charge on any atom is 0.332 e. The first-order valence-electron chi connectivity index (χ1n) is 4.05. The maximum atomic E-state index is 10.4. The van der Waals surface area contributed by atoms with Crippen molar-refractivity contribution < 1.29 is 19.4 Å². The molecule has 0 aromatic carbocycles. The Balaban J connectivity index is 3.38. The molecule has 0 radical (unpaired) electrons. The van der Waals surface area contributed by atoms with E-state index in [0.717, 1.165) is 6.42 Å². The van der Waals surface area contributed by atoms with Crippen LogP contribution in [0.5, 0.6) is 0 Å². The monoisotopic (exact) mass is 176 g/mol. The van der Waals surface area contributed by atoms with Crippen molar-refractivity contribution in [2.75, 3.05) is 20.3 Å². The van der Waals surface area contributed by atoms with Crippen LogP contribution in [0.15, 0.2) is 0 Å². The highest BCUT2D eigenvalue weighted by atomic mass is 16.5. The Kier molecular flexibility index (Phi) is 6.70. The minimum absolute atomic E-state index is 0.443. The van der Waals surface area contributed by atoms with Crippen molar-refractivity contribution in [3.63, 3.8) is 0 Å². The van der Waals surface area contributed by atoms with E-state index in [1.807, 2.05) is 0 Å². The Morgan fingerprint density at radius 2 is 2.17 bits per heavy atom. The van der Waals surface area contributed by atoms with Crippen molar-refractivity contribution in [2.24, 2.45) is 0 Å². The maximum absolute atomic E-state index is 10.4. The van der Waals surface area contributed by atoms with Crippen LogP contribution >= 0.6 is 0 Å². The molecular weight excluding hydrogens is 160 g/mol. The molecule has 72 valence electrons. The van der Waals surface area contributed by atoms with Gasteiger partial charge in [0, 0.05) is 20.3 Å². The van der Waals surface area contributed by atoms with Gasteiger partial charge in [-0.05, 0) is 12.8 Å². The SMILES string of the molecule is CCC(OCCCOC)C(=O)O. The first-order valence-corrected chi connectivity index (χ1v) is 4.05. The molecule has 4 heteroatoms. The summed E-state index contributed by atoms with van der Waals surface area (Å²) in [6.45, 7) is 2.84. The van der Waals surface area contributed by atoms with E-state index in [-0.39, 0.29) is 0 Å². The summed E-state index contributed by atoms with van der Waals surface area (Å²) >= 11 is 0. The van der Waals surface area contributed by atoms with Gasteiger partial charge in [0.05, 0.1) is 0 Å². The fraction of sp³-hybridized carbons (Fsp3) is 0.875. The average Bonchev–Trinajstić information content (AvgIpc) is 2.04. The Bertz CT molecular complexity index is 124. The molecule has 0 aromatic rings. The number of methoxy groups -OCH3 is 1. The van der Waals surface area contributed by atoms with E-state index in [1.54, 1.807) is 14.0 Å². The molecule has 0 fully saturated rings. The van der Waals surface area contributed by atoms with Gasteiger partial charge in [0.25, 0.3) is 0 Å². The third-order valence-corrected chi connectivity index (χ3v) is 1.46. The third kappa shape index (κ3) is 5.09. The number of aliphatic carboxylic acids is 1. The molecule has 0 amide bonds. The van der Waals surface area contributed by atoms with Crippen molar-refractivity contribution in [1.29, 1.82) is 0 Å². The van der Waals surface area contributed by atoms with E-state index in [0.29, 0.717) is 19.6 Å². The average molecular weight is 176 g/mol. The lowest BCUT2D eigenvalue weighted by Crippen LogP contribution is -2.23. The van der Waals surface area contributed by atoms with Crippen LogP contribution < -0.4 is 0 Å². The number of carbonyl (C=O) groups is 1. The van der Waals surface area contributed by atoms with Crippen molar-refractivity contribution in [1.82, 2.24) is 0 Å². The van der Waals surface area contributed by atoms with E-state index in [9.17, 15) is 4.79 Å². The summed E-state index contributed by atoms with van der Waals surface area (Å²) < 4.78 is 9.87. The fourth-order valence-corrected chi connectivity index (χ4v) is 0.793. The van der Waals surface area contributed by atoms with Gasteiger partial charge >= 0.3 is 5.97 Å².